The summed E-state index contributed by atoms with van der Waals surface area (Å²) in [5.74, 6) is 0. The van der Waals surface area contributed by atoms with Crippen molar-refractivity contribution in [2.45, 2.75) is 83.5 Å². The lowest BCUT2D eigenvalue weighted by molar-refractivity contribution is -0.159. The number of nitrogens with one attached hydrogen (secondary N) is 1. The van der Waals surface area contributed by atoms with E-state index in [1.807, 2.05) is 0 Å². The Morgan fingerprint density at radius 1 is 1.35 bits per heavy atom. The monoisotopic (exact) mass is 241 g/mol. The second-order valence-corrected chi connectivity index (χ2v) is 5.13. The molecule has 1 heterocycles. The van der Waals surface area contributed by atoms with Crippen molar-refractivity contribution in [2.75, 3.05) is 0 Å². The van der Waals surface area contributed by atoms with Crippen molar-refractivity contribution in [3.63, 3.8) is 0 Å². The minimum atomic E-state index is -0.367. The summed E-state index contributed by atoms with van der Waals surface area (Å²) in [6.07, 6.45) is 11.2. The third-order valence-corrected chi connectivity index (χ3v) is 3.63. The average molecular weight is 241 g/mol. The van der Waals surface area contributed by atoms with Gasteiger partial charge >= 0.3 is 0 Å². The van der Waals surface area contributed by atoms with Crippen molar-refractivity contribution < 1.29 is 9.53 Å². The molecular weight excluding hydrogens is 214 g/mol. The molecule has 0 spiro atoms. The summed E-state index contributed by atoms with van der Waals surface area (Å²) in [4.78, 5) is 10.8. The van der Waals surface area contributed by atoms with E-state index in [4.69, 9.17) is 4.74 Å². The molecule has 100 valence electrons. The maximum Gasteiger partial charge on any atom is 0.209 e. The summed E-state index contributed by atoms with van der Waals surface area (Å²) in [5, 5.41) is 2.94. The van der Waals surface area contributed by atoms with Gasteiger partial charge in [-0.2, -0.15) is 0 Å². The van der Waals surface area contributed by atoms with Crippen LogP contribution in [0, 0.1) is 0 Å². The molecule has 0 radical (unpaired) electrons. The van der Waals surface area contributed by atoms with E-state index in [0.29, 0.717) is 6.10 Å². The summed E-state index contributed by atoms with van der Waals surface area (Å²) >= 11 is 0. The van der Waals surface area contributed by atoms with Crippen LogP contribution in [0.5, 0.6) is 0 Å². The minimum absolute atomic E-state index is 0.341. The van der Waals surface area contributed by atoms with Crippen molar-refractivity contribution in [2.24, 2.45) is 0 Å². The van der Waals surface area contributed by atoms with Gasteiger partial charge in [0.2, 0.25) is 6.41 Å². The lowest BCUT2D eigenvalue weighted by Crippen LogP contribution is -2.51. The highest BCUT2D eigenvalue weighted by Gasteiger charge is 2.35. The summed E-state index contributed by atoms with van der Waals surface area (Å²) in [5.41, 5.74) is -0.367. The van der Waals surface area contributed by atoms with Gasteiger partial charge in [-0.15, -0.1) is 0 Å². The van der Waals surface area contributed by atoms with E-state index in [1.54, 1.807) is 0 Å². The number of amides is 1. The first-order valence-electron chi connectivity index (χ1n) is 7.15. The molecule has 2 atom stereocenters. The highest BCUT2D eigenvalue weighted by molar-refractivity contribution is 5.47. The standard InChI is InChI=1S/C14H27NO2/c1-3-5-8-13-9-7-11-14(17-13,15-12-16)10-6-4-2/h12-13H,3-11H2,1-2H3,(H,15,16). The molecule has 1 saturated heterocycles. The Morgan fingerprint density at radius 3 is 2.76 bits per heavy atom. The van der Waals surface area contributed by atoms with Gasteiger partial charge in [-0.05, 0) is 38.5 Å². The van der Waals surface area contributed by atoms with Crippen LogP contribution in [0.2, 0.25) is 0 Å². The van der Waals surface area contributed by atoms with E-state index in [0.717, 1.165) is 44.9 Å². The predicted octanol–water partition coefficient (Wildman–Crippen LogP) is 3.38. The quantitative estimate of drug-likeness (QED) is 0.662. The molecule has 1 rings (SSSR count). The molecule has 0 aromatic heterocycles. The van der Waals surface area contributed by atoms with Crippen molar-refractivity contribution in [1.82, 2.24) is 5.32 Å². The number of unbranched alkanes of at least 4 members (excludes halogenated alkanes) is 2. The van der Waals surface area contributed by atoms with Gasteiger partial charge in [0.05, 0.1) is 6.10 Å². The number of ether oxygens (including phenoxy) is 1. The molecule has 1 amide bonds. The van der Waals surface area contributed by atoms with Gasteiger partial charge in [0.1, 0.15) is 5.72 Å². The van der Waals surface area contributed by atoms with E-state index in [2.05, 4.69) is 19.2 Å². The van der Waals surface area contributed by atoms with Gasteiger partial charge in [0.25, 0.3) is 0 Å². The van der Waals surface area contributed by atoms with Crippen molar-refractivity contribution in [3.8, 4) is 0 Å². The fourth-order valence-corrected chi connectivity index (χ4v) is 2.62. The van der Waals surface area contributed by atoms with E-state index < -0.39 is 0 Å². The van der Waals surface area contributed by atoms with Gasteiger partial charge in [-0.3, -0.25) is 4.79 Å². The van der Waals surface area contributed by atoms with Gasteiger partial charge in [-0.25, -0.2) is 0 Å². The van der Waals surface area contributed by atoms with Gasteiger partial charge in [0, 0.05) is 0 Å². The molecule has 0 aromatic carbocycles. The smallest absolute Gasteiger partial charge is 0.209 e. The third kappa shape index (κ3) is 4.66. The van der Waals surface area contributed by atoms with E-state index >= 15 is 0 Å². The molecule has 0 saturated carbocycles. The summed E-state index contributed by atoms with van der Waals surface area (Å²) in [6.45, 7) is 4.38. The van der Waals surface area contributed by atoms with E-state index in [1.165, 1.54) is 19.3 Å². The zero-order valence-corrected chi connectivity index (χ0v) is 11.3. The second-order valence-electron chi connectivity index (χ2n) is 5.13. The Balaban J connectivity index is 2.52. The van der Waals surface area contributed by atoms with Crippen molar-refractivity contribution in [1.29, 1.82) is 0 Å². The van der Waals surface area contributed by atoms with Crippen molar-refractivity contribution in [3.05, 3.63) is 0 Å². The summed E-state index contributed by atoms with van der Waals surface area (Å²) in [7, 11) is 0. The Kier molecular flexibility index (Phi) is 6.56. The largest absolute Gasteiger partial charge is 0.353 e. The zero-order valence-electron chi connectivity index (χ0n) is 11.3. The Hall–Kier alpha value is -0.570. The van der Waals surface area contributed by atoms with E-state index in [9.17, 15) is 4.79 Å². The molecule has 17 heavy (non-hydrogen) atoms. The van der Waals surface area contributed by atoms with Crippen LogP contribution in [-0.2, 0) is 9.53 Å². The molecule has 1 N–H and O–H groups in total. The fourth-order valence-electron chi connectivity index (χ4n) is 2.62. The average Bonchev–Trinajstić information content (AvgIpc) is 2.35. The number of carbonyl (C=O) groups is 1. The van der Waals surface area contributed by atoms with Crippen molar-refractivity contribution >= 4 is 6.41 Å². The first-order valence-corrected chi connectivity index (χ1v) is 7.15. The lowest BCUT2D eigenvalue weighted by Gasteiger charge is -2.41. The predicted molar refractivity (Wildman–Crippen MR) is 69.7 cm³/mol. The summed E-state index contributed by atoms with van der Waals surface area (Å²) < 4.78 is 6.18. The molecule has 3 nitrogen and oxygen atoms in total. The Labute approximate surface area is 105 Å². The van der Waals surface area contributed by atoms with Gasteiger partial charge in [0.15, 0.2) is 0 Å². The highest BCUT2D eigenvalue weighted by atomic mass is 16.5. The molecule has 0 aliphatic carbocycles. The first kappa shape index (κ1) is 14.5. The maximum atomic E-state index is 10.8. The SMILES string of the molecule is CCCCC1CCCC(CCCC)(NC=O)O1. The lowest BCUT2D eigenvalue weighted by atomic mass is 9.92. The van der Waals surface area contributed by atoms with Crippen LogP contribution in [0.1, 0.15) is 71.6 Å². The molecule has 1 aliphatic rings. The zero-order chi connectivity index (χ0) is 12.6. The topological polar surface area (TPSA) is 38.3 Å². The van der Waals surface area contributed by atoms with Crippen LogP contribution in [-0.4, -0.2) is 18.2 Å². The van der Waals surface area contributed by atoms with Gasteiger partial charge in [-0.1, -0.05) is 33.1 Å². The van der Waals surface area contributed by atoms with Crippen LogP contribution >= 0.6 is 0 Å². The molecule has 2 unspecified atom stereocenters. The maximum absolute atomic E-state index is 10.8. The van der Waals surface area contributed by atoms with Crippen LogP contribution in [0.4, 0.5) is 0 Å². The van der Waals surface area contributed by atoms with Crippen LogP contribution in [0.15, 0.2) is 0 Å². The molecular formula is C14H27NO2. The number of rotatable bonds is 8. The fraction of sp³-hybridized carbons (Fsp3) is 0.929. The molecule has 3 heteroatoms. The molecule has 0 aromatic rings. The van der Waals surface area contributed by atoms with Crippen LogP contribution in [0.3, 0.4) is 0 Å². The van der Waals surface area contributed by atoms with Gasteiger partial charge < -0.3 is 10.1 Å². The number of hydrogen-bond acceptors (Lipinski definition) is 2. The molecule has 1 fully saturated rings. The molecule has 0 bridgehead atoms. The number of carbonyl (C=O) groups excluding carboxylic acids is 1. The highest BCUT2D eigenvalue weighted by Crippen LogP contribution is 2.32. The summed E-state index contributed by atoms with van der Waals surface area (Å²) in [6, 6.07) is 0. The molecule has 1 aliphatic heterocycles. The normalized spacial score (nSPS) is 28.9. The van der Waals surface area contributed by atoms with Crippen LogP contribution < -0.4 is 5.32 Å². The van der Waals surface area contributed by atoms with E-state index in [-0.39, 0.29) is 5.72 Å². The Morgan fingerprint density at radius 2 is 2.12 bits per heavy atom. The Bertz CT molecular complexity index is 220. The first-order chi connectivity index (χ1) is 8.26. The third-order valence-electron chi connectivity index (χ3n) is 3.63. The number of hydrogen-bond donors (Lipinski definition) is 1. The second kappa shape index (κ2) is 7.70. The van der Waals surface area contributed by atoms with Crippen LogP contribution in [0.25, 0.3) is 0 Å². The minimum Gasteiger partial charge on any atom is -0.353 e.